The summed E-state index contributed by atoms with van der Waals surface area (Å²) in [5.41, 5.74) is 7.55. The van der Waals surface area contributed by atoms with Gasteiger partial charge in [0.05, 0.1) is 26.2 Å². The van der Waals surface area contributed by atoms with Gasteiger partial charge in [-0.05, 0) is 31.9 Å². The van der Waals surface area contributed by atoms with Crippen molar-refractivity contribution in [3.63, 3.8) is 0 Å². The second-order valence-corrected chi connectivity index (χ2v) is 9.23. The van der Waals surface area contributed by atoms with E-state index in [1.165, 1.54) is 13.8 Å². The molecule has 5 N–H and O–H groups in total. The Kier molecular flexibility index (Phi) is 14.0. The summed E-state index contributed by atoms with van der Waals surface area (Å²) in [6.07, 6.45) is -0.520. The number of hydrogen-bond acceptors (Lipinski definition) is 9. The minimum absolute atomic E-state index is 0.0299. The number of carbonyl (C=O) groups excluding carboxylic acids is 5. The van der Waals surface area contributed by atoms with E-state index >= 15 is 0 Å². The van der Waals surface area contributed by atoms with E-state index in [1.54, 1.807) is 31.2 Å². The molecule has 0 heterocycles. The maximum absolute atomic E-state index is 12.9. The first-order valence-electron chi connectivity index (χ1n) is 13.2. The zero-order chi connectivity index (χ0) is 30.2. The molecule has 3 amide bonds. The Morgan fingerprint density at radius 3 is 1.88 bits per heavy atom. The lowest BCUT2D eigenvalue weighted by molar-refractivity contribution is -0.148. The summed E-state index contributed by atoms with van der Waals surface area (Å²) in [5.74, 6) is -3.63. The van der Waals surface area contributed by atoms with E-state index in [0.717, 1.165) is 11.1 Å². The molecule has 0 aliphatic rings. The zero-order valence-electron chi connectivity index (χ0n) is 23.5. The molecule has 0 fully saturated rings. The van der Waals surface area contributed by atoms with Crippen LogP contribution in [-0.4, -0.2) is 67.0 Å². The first-order chi connectivity index (χ1) is 19.6. The van der Waals surface area contributed by atoms with Crippen LogP contribution in [0, 0.1) is 0 Å². The van der Waals surface area contributed by atoms with Gasteiger partial charge in [0.25, 0.3) is 0 Å². The van der Waals surface area contributed by atoms with Crippen LogP contribution in [0.1, 0.15) is 38.3 Å². The van der Waals surface area contributed by atoms with E-state index in [2.05, 4.69) is 16.0 Å². The maximum Gasteiger partial charge on any atom is 0.328 e. The smallest absolute Gasteiger partial charge is 0.328 e. The predicted molar refractivity (Wildman–Crippen MR) is 149 cm³/mol. The monoisotopic (exact) mass is 570 g/mol. The van der Waals surface area contributed by atoms with Crippen LogP contribution in [-0.2, 0) is 51.4 Å². The van der Waals surface area contributed by atoms with Gasteiger partial charge < -0.3 is 35.9 Å². The second kappa shape index (κ2) is 17.4. The lowest BCUT2D eigenvalue weighted by atomic mass is 10.1. The fourth-order valence-corrected chi connectivity index (χ4v) is 3.45. The third kappa shape index (κ3) is 12.2. The lowest BCUT2D eigenvalue weighted by Crippen LogP contribution is -2.57. The largest absolute Gasteiger partial charge is 0.464 e. The number of hydrogen-bond donors (Lipinski definition) is 4. The Morgan fingerprint density at radius 2 is 1.29 bits per heavy atom. The molecule has 2 aromatic carbocycles. The lowest BCUT2D eigenvalue weighted by Gasteiger charge is -2.23. The van der Waals surface area contributed by atoms with Gasteiger partial charge in [0.1, 0.15) is 30.8 Å². The van der Waals surface area contributed by atoms with Crippen LogP contribution in [0.2, 0.25) is 0 Å². The van der Waals surface area contributed by atoms with Crippen LogP contribution in [0.5, 0.6) is 0 Å². The molecular weight excluding hydrogens is 532 g/mol. The van der Waals surface area contributed by atoms with Crippen LogP contribution in [0.4, 0.5) is 0 Å². The van der Waals surface area contributed by atoms with E-state index in [1.807, 2.05) is 36.4 Å². The first-order valence-corrected chi connectivity index (χ1v) is 13.2. The molecule has 0 saturated carbocycles. The fraction of sp³-hybridized carbons (Fsp3) is 0.414. The molecule has 12 heteroatoms. The maximum atomic E-state index is 12.9. The summed E-state index contributed by atoms with van der Waals surface area (Å²) in [4.78, 5) is 62.8. The molecular formula is C29H38N4O8. The molecule has 2 rings (SSSR count). The van der Waals surface area contributed by atoms with Crippen LogP contribution >= 0.6 is 0 Å². The standard InChI is InChI=1S/C29H38N4O8/c1-4-40-29(38)20(3)32-28(37)24(15-25(34)41-17-22-13-9-6-10-14-22)33-26(35)19(2)31-27(36)23(30)18-39-16-21-11-7-5-8-12-21/h5-14,19-20,23-24H,4,15-18,30H2,1-3H3,(H,31,36)(H,32,37)(H,33,35). The van der Waals surface area contributed by atoms with Crippen molar-refractivity contribution < 1.29 is 38.2 Å². The molecule has 41 heavy (non-hydrogen) atoms. The molecule has 0 bridgehead atoms. The Morgan fingerprint density at radius 1 is 0.732 bits per heavy atom. The van der Waals surface area contributed by atoms with Gasteiger partial charge in [0, 0.05) is 0 Å². The van der Waals surface area contributed by atoms with Crippen molar-refractivity contribution >= 4 is 29.7 Å². The number of carbonyl (C=O) groups is 5. The minimum atomic E-state index is -1.40. The molecule has 0 aliphatic heterocycles. The number of nitrogens with two attached hydrogens (primary N) is 1. The van der Waals surface area contributed by atoms with Gasteiger partial charge in [0.2, 0.25) is 17.7 Å². The highest BCUT2D eigenvalue weighted by molar-refractivity contribution is 5.95. The SMILES string of the molecule is CCOC(=O)C(C)NC(=O)C(CC(=O)OCc1ccccc1)NC(=O)C(C)NC(=O)C(N)COCc1ccccc1. The van der Waals surface area contributed by atoms with Crippen LogP contribution in [0.25, 0.3) is 0 Å². The van der Waals surface area contributed by atoms with Gasteiger partial charge in [0.15, 0.2) is 0 Å². The molecule has 0 saturated heterocycles. The fourth-order valence-electron chi connectivity index (χ4n) is 3.45. The van der Waals surface area contributed by atoms with Crippen molar-refractivity contribution in [3.05, 3.63) is 71.8 Å². The van der Waals surface area contributed by atoms with Crippen molar-refractivity contribution in [2.75, 3.05) is 13.2 Å². The van der Waals surface area contributed by atoms with Crippen LogP contribution in [0.3, 0.4) is 0 Å². The average Bonchev–Trinajstić information content (AvgIpc) is 2.96. The molecule has 4 atom stereocenters. The van der Waals surface area contributed by atoms with Gasteiger partial charge in [-0.25, -0.2) is 4.79 Å². The molecule has 12 nitrogen and oxygen atoms in total. The summed E-state index contributed by atoms with van der Waals surface area (Å²) in [7, 11) is 0. The second-order valence-electron chi connectivity index (χ2n) is 9.23. The van der Waals surface area contributed by atoms with Crippen molar-refractivity contribution in [1.82, 2.24) is 16.0 Å². The summed E-state index contributed by atoms with van der Waals surface area (Å²) in [5, 5.41) is 7.33. The highest BCUT2D eigenvalue weighted by Crippen LogP contribution is 2.05. The predicted octanol–water partition coefficient (Wildman–Crippen LogP) is 0.721. The molecule has 0 radical (unpaired) electrons. The Hall–Kier alpha value is -4.29. The third-order valence-corrected chi connectivity index (χ3v) is 5.74. The van der Waals surface area contributed by atoms with Crippen molar-refractivity contribution in [2.24, 2.45) is 5.73 Å². The number of nitrogens with one attached hydrogen (secondary N) is 3. The summed E-state index contributed by atoms with van der Waals surface area (Å²) < 4.78 is 15.6. The van der Waals surface area contributed by atoms with E-state index < -0.39 is 60.2 Å². The molecule has 2 aromatic rings. The number of ether oxygens (including phenoxy) is 3. The normalized spacial score (nSPS) is 13.6. The first kappa shape index (κ1) is 32.9. The number of benzene rings is 2. The van der Waals surface area contributed by atoms with Gasteiger partial charge in [-0.1, -0.05) is 60.7 Å². The van der Waals surface area contributed by atoms with E-state index in [0.29, 0.717) is 0 Å². The number of rotatable bonds is 16. The molecule has 0 aliphatic carbocycles. The van der Waals surface area contributed by atoms with E-state index in [9.17, 15) is 24.0 Å². The van der Waals surface area contributed by atoms with Crippen LogP contribution in [0.15, 0.2) is 60.7 Å². The van der Waals surface area contributed by atoms with Crippen molar-refractivity contribution in [2.45, 2.75) is 64.6 Å². The molecule has 4 unspecified atom stereocenters. The minimum Gasteiger partial charge on any atom is -0.464 e. The van der Waals surface area contributed by atoms with Crippen molar-refractivity contribution in [1.29, 1.82) is 0 Å². The highest BCUT2D eigenvalue weighted by atomic mass is 16.5. The van der Waals surface area contributed by atoms with E-state index in [-0.39, 0.29) is 26.4 Å². The summed E-state index contributed by atoms with van der Waals surface area (Å²) >= 11 is 0. The molecule has 0 aromatic heterocycles. The Balaban J connectivity index is 1.95. The Bertz CT molecular complexity index is 1150. The summed E-state index contributed by atoms with van der Waals surface area (Å²) in [6.45, 7) is 4.69. The third-order valence-electron chi connectivity index (χ3n) is 5.74. The molecule has 0 spiro atoms. The van der Waals surface area contributed by atoms with Gasteiger partial charge >= 0.3 is 11.9 Å². The molecule has 222 valence electrons. The average molecular weight is 571 g/mol. The zero-order valence-corrected chi connectivity index (χ0v) is 23.5. The number of amides is 3. The van der Waals surface area contributed by atoms with Gasteiger partial charge in [-0.2, -0.15) is 0 Å². The van der Waals surface area contributed by atoms with Crippen molar-refractivity contribution in [3.8, 4) is 0 Å². The summed E-state index contributed by atoms with van der Waals surface area (Å²) in [6, 6.07) is 13.7. The Labute approximate surface area is 239 Å². The van der Waals surface area contributed by atoms with Crippen LogP contribution < -0.4 is 21.7 Å². The van der Waals surface area contributed by atoms with Gasteiger partial charge in [-0.15, -0.1) is 0 Å². The van der Waals surface area contributed by atoms with Gasteiger partial charge in [-0.3, -0.25) is 19.2 Å². The highest BCUT2D eigenvalue weighted by Gasteiger charge is 2.30. The topological polar surface area (TPSA) is 175 Å². The quantitative estimate of drug-likeness (QED) is 0.212. The van der Waals surface area contributed by atoms with E-state index in [4.69, 9.17) is 19.9 Å². The number of esters is 2.